The smallest absolute Gasteiger partial charge is 0.323 e. The predicted octanol–water partition coefficient (Wildman–Crippen LogP) is 2.87. The summed E-state index contributed by atoms with van der Waals surface area (Å²) in [6.07, 6.45) is 5.21. The summed E-state index contributed by atoms with van der Waals surface area (Å²) in [5, 5.41) is 0. The van der Waals surface area contributed by atoms with Crippen molar-refractivity contribution in [1.29, 1.82) is 0 Å². The lowest BCUT2D eigenvalue weighted by Crippen LogP contribution is -2.40. The molecule has 100 valence electrons. The summed E-state index contributed by atoms with van der Waals surface area (Å²) in [5.74, 6) is -0.0217. The minimum absolute atomic E-state index is 0.0885. The van der Waals surface area contributed by atoms with E-state index in [2.05, 4.69) is 13.8 Å². The van der Waals surface area contributed by atoms with Gasteiger partial charge in [-0.25, -0.2) is 0 Å². The summed E-state index contributed by atoms with van der Waals surface area (Å²) in [6, 6.07) is -0.463. The molecule has 0 aliphatic heterocycles. The number of carbonyl (C=O) groups is 1. The molecule has 0 bridgehead atoms. The molecular weight excluding hydrogens is 214 g/mol. The van der Waals surface area contributed by atoms with E-state index in [9.17, 15) is 4.79 Å². The molecule has 0 amide bonds. The van der Waals surface area contributed by atoms with Gasteiger partial charge in [0.05, 0.1) is 0 Å². The van der Waals surface area contributed by atoms with Crippen molar-refractivity contribution in [2.45, 2.75) is 71.9 Å². The molecule has 1 saturated carbocycles. The highest BCUT2D eigenvalue weighted by Gasteiger charge is 2.30. The summed E-state index contributed by atoms with van der Waals surface area (Å²) in [4.78, 5) is 11.8. The van der Waals surface area contributed by atoms with Crippen LogP contribution in [0.2, 0.25) is 0 Å². The number of rotatable bonds is 4. The zero-order valence-electron chi connectivity index (χ0n) is 11.7. The molecule has 1 rings (SSSR count). The lowest BCUT2D eigenvalue weighted by atomic mass is 9.76. The van der Waals surface area contributed by atoms with Crippen molar-refractivity contribution in [3.63, 3.8) is 0 Å². The van der Waals surface area contributed by atoms with E-state index in [1.807, 2.05) is 13.8 Å². The molecule has 2 atom stereocenters. The largest absolute Gasteiger partial charge is 0.461 e. The van der Waals surface area contributed by atoms with Gasteiger partial charge >= 0.3 is 5.97 Å². The predicted molar refractivity (Wildman–Crippen MR) is 69.6 cm³/mol. The molecule has 0 aromatic rings. The third kappa shape index (κ3) is 4.30. The number of esters is 1. The minimum Gasteiger partial charge on any atom is -0.461 e. The van der Waals surface area contributed by atoms with Crippen molar-refractivity contribution < 1.29 is 9.53 Å². The zero-order valence-corrected chi connectivity index (χ0v) is 11.7. The quantitative estimate of drug-likeness (QED) is 0.770. The fourth-order valence-electron chi connectivity index (χ4n) is 2.22. The van der Waals surface area contributed by atoms with Gasteiger partial charge in [0.15, 0.2) is 0 Å². The highest BCUT2D eigenvalue weighted by Crippen LogP contribution is 2.36. The normalized spacial score (nSPS) is 24.1. The van der Waals surface area contributed by atoms with Crippen LogP contribution in [0.1, 0.15) is 59.8 Å². The highest BCUT2D eigenvalue weighted by molar-refractivity contribution is 5.76. The molecular formula is C14H27NO2. The monoisotopic (exact) mass is 241 g/mol. The molecule has 0 spiro atoms. The van der Waals surface area contributed by atoms with Crippen molar-refractivity contribution in [2.24, 2.45) is 17.1 Å². The molecule has 0 heterocycles. The van der Waals surface area contributed by atoms with E-state index >= 15 is 0 Å². The van der Waals surface area contributed by atoms with Gasteiger partial charge in [-0.2, -0.15) is 0 Å². The van der Waals surface area contributed by atoms with E-state index in [0.717, 1.165) is 32.1 Å². The molecule has 17 heavy (non-hydrogen) atoms. The number of nitrogens with two attached hydrogens (primary N) is 1. The zero-order chi connectivity index (χ0) is 13.1. The van der Waals surface area contributed by atoms with Gasteiger partial charge < -0.3 is 10.5 Å². The minimum atomic E-state index is -0.463. The van der Waals surface area contributed by atoms with E-state index in [-0.39, 0.29) is 18.0 Å². The lowest BCUT2D eigenvalue weighted by Gasteiger charge is -2.34. The van der Waals surface area contributed by atoms with Crippen molar-refractivity contribution in [1.82, 2.24) is 0 Å². The van der Waals surface area contributed by atoms with Gasteiger partial charge in [0, 0.05) is 0 Å². The van der Waals surface area contributed by atoms with Crippen molar-refractivity contribution in [2.75, 3.05) is 0 Å². The molecule has 2 N–H and O–H groups in total. The Kier molecular flexibility index (Phi) is 4.99. The van der Waals surface area contributed by atoms with Gasteiger partial charge in [-0.05, 0) is 37.0 Å². The summed E-state index contributed by atoms with van der Waals surface area (Å²) in [6.45, 7) is 8.59. The van der Waals surface area contributed by atoms with Crippen LogP contribution in [0.15, 0.2) is 0 Å². The summed E-state index contributed by atoms with van der Waals surface area (Å²) >= 11 is 0. The molecule has 1 fully saturated rings. The molecule has 3 nitrogen and oxygen atoms in total. The van der Waals surface area contributed by atoms with E-state index in [1.54, 1.807) is 0 Å². The van der Waals surface area contributed by atoms with E-state index in [0.29, 0.717) is 5.41 Å². The average Bonchev–Trinajstić information content (AvgIpc) is 2.29. The number of carbonyl (C=O) groups excluding carboxylic acids is 1. The van der Waals surface area contributed by atoms with Crippen LogP contribution in [0.5, 0.6) is 0 Å². The van der Waals surface area contributed by atoms with Crippen LogP contribution in [0.25, 0.3) is 0 Å². The second-order valence-corrected chi connectivity index (χ2v) is 6.21. The van der Waals surface area contributed by atoms with E-state index in [1.165, 1.54) is 0 Å². The first kappa shape index (κ1) is 14.5. The van der Waals surface area contributed by atoms with E-state index < -0.39 is 6.04 Å². The molecule has 0 radical (unpaired) electrons. The third-order valence-corrected chi connectivity index (χ3v) is 4.10. The second kappa shape index (κ2) is 5.85. The highest BCUT2D eigenvalue weighted by atomic mass is 16.5. The maximum Gasteiger partial charge on any atom is 0.323 e. The van der Waals surface area contributed by atoms with Crippen LogP contribution < -0.4 is 5.73 Å². The Morgan fingerprint density at radius 1 is 1.41 bits per heavy atom. The topological polar surface area (TPSA) is 52.3 Å². The Bertz CT molecular complexity index is 253. The van der Waals surface area contributed by atoms with Crippen LogP contribution >= 0.6 is 0 Å². The van der Waals surface area contributed by atoms with Crippen LogP contribution in [0, 0.1) is 11.3 Å². The fraction of sp³-hybridized carbons (Fsp3) is 0.929. The fourth-order valence-corrected chi connectivity index (χ4v) is 2.22. The van der Waals surface area contributed by atoms with Crippen molar-refractivity contribution in [3.8, 4) is 0 Å². The summed E-state index contributed by atoms with van der Waals surface area (Å²) in [5.41, 5.74) is 6.27. The lowest BCUT2D eigenvalue weighted by molar-refractivity contribution is -0.154. The molecule has 0 aromatic heterocycles. The van der Waals surface area contributed by atoms with Crippen LogP contribution in [0.4, 0.5) is 0 Å². The van der Waals surface area contributed by atoms with Gasteiger partial charge in [-0.1, -0.05) is 34.1 Å². The summed E-state index contributed by atoms with van der Waals surface area (Å²) < 4.78 is 5.51. The van der Waals surface area contributed by atoms with Crippen molar-refractivity contribution in [3.05, 3.63) is 0 Å². The van der Waals surface area contributed by atoms with Crippen LogP contribution in [0.3, 0.4) is 0 Å². The molecule has 1 aliphatic carbocycles. The van der Waals surface area contributed by atoms with Crippen molar-refractivity contribution >= 4 is 5.97 Å². The SMILES string of the molecule is CC[C@H](C)[C@H](N)C(=O)OC1CCC(C)(C)CC1. The standard InChI is InChI=1S/C14H27NO2/c1-5-10(2)12(15)13(16)17-11-6-8-14(3,4)9-7-11/h10-12H,5-9,15H2,1-4H3/t10-,12-/m0/s1. The molecule has 0 aromatic carbocycles. The number of hydrogen-bond acceptors (Lipinski definition) is 3. The van der Waals surface area contributed by atoms with Crippen LogP contribution in [-0.4, -0.2) is 18.1 Å². The van der Waals surface area contributed by atoms with Crippen LogP contribution in [-0.2, 0) is 9.53 Å². The first-order valence-electron chi connectivity index (χ1n) is 6.82. The Morgan fingerprint density at radius 2 is 1.94 bits per heavy atom. The van der Waals surface area contributed by atoms with Gasteiger partial charge in [0.25, 0.3) is 0 Å². The maximum absolute atomic E-state index is 11.8. The first-order valence-corrected chi connectivity index (χ1v) is 6.82. The Labute approximate surface area is 105 Å². The Hall–Kier alpha value is -0.570. The average molecular weight is 241 g/mol. The molecule has 0 unspecified atom stereocenters. The maximum atomic E-state index is 11.8. The van der Waals surface area contributed by atoms with E-state index in [4.69, 9.17) is 10.5 Å². The first-order chi connectivity index (χ1) is 7.85. The Balaban J connectivity index is 2.38. The number of ether oxygens (including phenoxy) is 1. The molecule has 3 heteroatoms. The second-order valence-electron chi connectivity index (χ2n) is 6.21. The van der Waals surface area contributed by atoms with Gasteiger partial charge in [-0.3, -0.25) is 4.79 Å². The van der Waals surface area contributed by atoms with Gasteiger partial charge in [-0.15, -0.1) is 0 Å². The summed E-state index contributed by atoms with van der Waals surface area (Å²) in [7, 11) is 0. The molecule has 1 aliphatic rings. The third-order valence-electron chi connectivity index (χ3n) is 4.10. The Morgan fingerprint density at radius 3 is 2.41 bits per heavy atom. The number of hydrogen-bond donors (Lipinski definition) is 1. The molecule has 0 saturated heterocycles. The van der Waals surface area contributed by atoms with Gasteiger partial charge in [0.2, 0.25) is 0 Å². The van der Waals surface area contributed by atoms with Gasteiger partial charge in [0.1, 0.15) is 12.1 Å².